The molecule has 0 bridgehead atoms. The number of hydrogen-bond acceptors (Lipinski definition) is 8. The maximum Gasteiger partial charge on any atom is 0.380 e. The van der Waals surface area contributed by atoms with Gasteiger partial charge in [-0.15, -0.1) is 0 Å². The van der Waals surface area contributed by atoms with Crippen LogP contribution in [0.3, 0.4) is 0 Å². The van der Waals surface area contributed by atoms with Gasteiger partial charge in [-0.25, -0.2) is 4.79 Å². The smallest absolute Gasteiger partial charge is 0.380 e. The lowest BCUT2D eigenvalue weighted by atomic mass is 9.92. The number of ether oxygens (including phenoxy) is 5. The summed E-state index contributed by atoms with van der Waals surface area (Å²) >= 11 is 0. The first-order valence-corrected chi connectivity index (χ1v) is 11.6. The molecule has 32 heavy (non-hydrogen) atoms. The van der Waals surface area contributed by atoms with Crippen molar-refractivity contribution in [3.8, 4) is 0 Å². The largest absolute Gasteiger partial charge is 0.461 e. The Bertz CT molecular complexity index is 562. The maximum absolute atomic E-state index is 15.0. The van der Waals surface area contributed by atoms with Crippen molar-refractivity contribution in [3.63, 3.8) is 0 Å². The normalized spacial score (nSPS) is 25.2. The number of rotatable bonds is 16. The number of hydrogen-bond donors (Lipinski definition) is 1. The molecule has 0 aromatic rings. The molecular formula is C22H39F2NO7. The van der Waals surface area contributed by atoms with E-state index in [0.29, 0.717) is 19.6 Å². The highest BCUT2D eigenvalue weighted by molar-refractivity contribution is 5.99. The summed E-state index contributed by atoms with van der Waals surface area (Å²) in [5.74, 6) is -5.84. The molecule has 0 saturated carbocycles. The van der Waals surface area contributed by atoms with Gasteiger partial charge in [0, 0.05) is 19.8 Å². The number of carbonyl (C=O) groups is 1. The molecule has 1 aliphatic rings. The van der Waals surface area contributed by atoms with Crippen LogP contribution >= 0.6 is 0 Å². The van der Waals surface area contributed by atoms with Gasteiger partial charge in [-0.2, -0.15) is 8.78 Å². The molecule has 0 aromatic carbocycles. The monoisotopic (exact) mass is 467 g/mol. The molecular weight excluding hydrogens is 428 g/mol. The number of nitrogens with zero attached hydrogens (tertiary/aromatic N) is 1. The Morgan fingerprint density at radius 3 is 2.19 bits per heavy atom. The van der Waals surface area contributed by atoms with Gasteiger partial charge in [-0.3, -0.25) is 0 Å². The SMILES string of the molecule is CCCCOC[C@H]1O[C@H](C(F)(F)C(=O)OCC)/C(=N\O)[C@@H](OCCCC)[C@H]1OCCCC. The van der Waals surface area contributed by atoms with Gasteiger partial charge in [0.25, 0.3) is 0 Å². The highest BCUT2D eigenvalue weighted by Gasteiger charge is 2.59. The van der Waals surface area contributed by atoms with Crippen LogP contribution in [-0.4, -0.2) is 80.3 Å². The minimum absolute atomic E-state index is 0.0292. The van der Waals surface area contributed by atoms with Gasteiger partial charge in [0.15, 0.2) is 6.10 Å². The van der Waals surface area contributed by atoms with E-state index in [2.05, 4.69) is 9.89 Å². The third-order valence-electron chi connectivity index (χ3n) is 5.06. The Labute approximate surface area is 189 Å². The second-order valence-electron chi connectivity index (χ2n) is 7.69. The van der Waals surface area contributed by atoms with Crippen LogP contribution in [0.5, 0.6) is 0 Å². The topological polar surface area (TPSA) is 95.8 Å². The van der Waals surface area contributed by atoms with Crippen molar-refractivity contribution in [3.05, 3.63) is 0 Å². The predicted octanol–water partition coefficient (Wildman–Crippen LogP) is 3.97. The van der Waals surface area contributed by atoms with Crippen LogP contribution in [-0.2, 0) is 28.5 Å². The Hall–Kier alpha value is -1.36. The van der Waals surface area contributed by atoms with Gasteiger partial charge >= 0.3 is 11.9 Å². The van der Waals surface area contributed by atoms with Crippen molar-refractivity contribution in [2.75, 3.05) is 33.0 Å². The summed E-state index contributed by atoms with van der Waals surface area (Å²) < 4.78 is 57.6. The number of esters is 1. The van der Waals surface area contributed by atoms with E-state index in [9.17, 15) is 10.0 Å². The lowest BCUT2D eigenvalue weighted by Crippen LogP contribution is -2.64. The van der Waals surface area contributed by atoms with Crippen LogP contribution in [0.15, 0.2) is 5.16 Å². The van der Waals surface area contributed by atoms with E-state index in [1.165, 1.54) is 6.92 Å². The van der Waals surface area contributed by atoms with E-state index < -0.39 is 42.0 Å². The van der Waals surface area contributed by atoms with Crippen molar-refractivity contribution < 1.29 is 42.5 Å². The second kappa shape index (κ2) is 15.5. The van der Waals surface area contributed by atoms with E-state index in [0.717, 1.165) is 32.1 Å². The zero-order valence-corrected chi connectivity index (χ0v) is 19.7. The standard InChI is InChI=1S/C22H39F2NO7/c1-5-9-12-28-15-16-18(30-13-10-6-2)19(31-14-11-7-3)17(25-27)20(32-16)22(23,24)21(26)29-8-4/h16,18-20,27H,5-15H2,1-4H3/b25-17-/t16-,18+,19-,20+/m1/s1. The molecule has 1 saturated heterocycles. The van der Waals surface area contributed by atoms with Crippen LogP contribution in [0.25, 0.3) is 0 Å². The van der Waals surface area contributed by atoms with Crippen LogP contribution in [0.4, 0.5) is 8.78 Å². The van der Waals surface area contributed by atoms with E-state index in [4.69, 9.17) is 18.9 Å². The Balaban J connectivity index is 3.24. The molecule has 0 unspecified atom stereocenters. The molecule has 188 valence electrons. The summed E-state index contributed by atoms with van der Waals surface area (Å²) in [7, 11) is 0. The van der Waals surface area contributed by atoms with Crippen LogP contribution in [0.1, 0.15) is 66.2 Å². The van der Waals surface area contributed by atoms with Crippen molar-refractivity contribution in [2.45, 2.75) is 96.6 Å². The quantitative estimate of drug-likeness (QED) is 0.159. The van der Waals surface area contributed by atoms with E-state index in [1.807, 2.05) is 20.8 Å². The molecule has 1 aliphatic heterocycles. The van der Waals surface area contributed by atoms with Gasteiger partial charge in [0.2, 0.25) is 0 Å². The molecule has 1 fully saturated rings. The minimum Gasteiger partial charge on any atom is -0.461 e. The predicted molar refractivity (Wildman–Crippen MR) is 114 cm³/mol. The zero-order chi connectivity index (χ0) is 24.0. The maximum atomic E-state index is 15.0. The number of oxime groups is 1. The third-order valence-corrected chi connectivity index (χ3v) is 5.06. The number of halogens is 2. The van der Waals surface area contributed by atoms with Crippen molar-refractivity contribution >= 4 is 11.7 Å². The fraction of sp³-hybridized carbons (Fsp3) is 0.909. The molecule has 0 spiro atoms. The van der Waals surface area contributed by atoms with Crippen molar-refractivity contribution in [1.82, 2.24) is 0 Å². The number of unbranched alkanes of at least 4 members (excludes halogenated alkanes) is 3. The first-order valence-electron chi connectivity index (χ1n) is 11.6. The van der Waals surface area contributed by atoms with Gasteiger partial charge in [0.05, 0.1) is 13.2 Å². The number of alkyl halides is 2. The van der Waals surface area contributed by atoms with Gasteiger partial charge in [0.1, 0.15) is 24.0 Å². The zero-order valence-electron chi connectivity index (χ0n) is 19.7. The Kier molecular flexibility index (Phi) is 13.9. The first kappa shape index (κ1) is 28.7. The van der Waals surface area contributed by atoms with Gasteiger partial charge < -0.3 is 28.9 Å². The fourth-order valence-corrected chi connectivity index (χ4v) is 3.22. The molecule has 0 aliphatic carbocycles. The second-order valence-corrected chi connectivity index (χ2v) is 7.69. The van der Waals surface area contributed by atoms with Crippen LogP contribution < -0.4 is 0 Å². The van der Waals surface area contributed by atoms with Crippen LogP contribution in [0.2, 0.25) is 0 Å². The Morgan fingerprint density at radius 2 is 1.62 bits per heavy atom. The summed E-state index contributed by atoms with van der Waals surface area (Å²) in [6.07, 6.45) is -0.243. The molecule has 0 radical (unpaired) electrons. The molecule has 8 nitrogen and oxygen atoms in total. The molecule has 0 amide bonds. The summed E-state index contributed by atoms with van der Waals surface area (Å²) in [5, 5.41) is 12.7. The van der Waals surface area contributed by atoms with Crippen molar-refractivity contribution in [1.29, 1.82) is 0 Å². The third kappa shape index (κ3) is 8.20. The van der Waals surface area contributed by atoms with Crippen LogP contribution in [0, 0.1) is 0 Å². The lowest BCUT2D eigenvalue weighted by molar-refractivity contribution is -0.221. The highest BCUT2D eigenvalue weighted by Crippen LogP contribution is 2.34. The van der Waals surface area contributed by atoms with Gasteiger partial charge in [-0.05, 0) is 26.2 Å². The van der Waals surface area contributed by atoms with E-state index in [1.54, 1.807) is 0 Å². The highest BCUT2D eigenvalue weighted by atomic mass is 19.3. The molecule has 1 N–H and O–H groups in total. The first-order chi connectivity index (χ1) is 15.4. The fourth-order valence-electron chi connectivity index (χ4n) is 3.22. The average molecular weight is 468 g/mol. The molecule has 10 heteroatoms. The Morgan fingerprint density at radius 1 is 1.03 bits per heavy atom. The summed E-state index contributed by atoms with van der Waals surface area (Å²) in [6.45, 7) is 8.16. The molecule has 1 rings (SSSR count). The minimum atomic E-state index is -4.08. The summed E-state index contributed by atoms with van der Waals surface area (Å²) in [6, 6.07) is 0. The van der Waals surface area contributed by atoms with Crippen molar-refractivity contribution in [2.24, 2.45) is 5.16 Å². The molecule has 4 atom stereocenters. The molecule has 1 heterocycles. The van der Waals surface area contributed by atoms with E-state index in [-0.39, 0.29) is 19.8 Å². The number of carbonyl (C=O) groups excluding carboxylic acids is 1. The summed E-state index contributed by atoms with van der Waals surface area (Å²) in [5.41, 5.74) is -0.495. The average Bonchev–Trinajstić information content (AvgIpc) is 2.77. The molecule has 0 aromatic heterocycles. The summed E-state index contributed by atoms with van der Waals surface area (Å²) in [4.78, 5) is 12.0. The van der Waals surface area contributed by atoms with Gasteiger partial charge in [-0.1, -0.05) is 45.2 Å². The lowest BCUT2D eigenvalue weighted by Gasteiger charge is -2.43. The van der Waals surface area contributed by atoms with E-state index >= 15 is 8.78 Å².